The largest absolute Gasteiger partial charge is 0.448 e. The fourth-order valence-electron chi connectivity index (χ4n) is 5.98. The monoisotopic (exact) mass is 449 g/mol. The van der Waals surface area contributed by atoms with Gasteiger partial charge in [-0.2, -0.15) is 0 Å². The third kappa shape index (κ3) is 2.98. The summed E-state index contributed by atoms with van der Waals surface area (Å²) in [6.07, 6.45) is 4.78. The summed E-state index contributed by atoms with van der Waals surface area (Å²) in [6, 6.07) is 23.1. The number of carbonyl (C=O) groups excluding carboxylic acids is 1. The van der Waals surface area contributed by atoms with Crippen LogP contribution in [0, 0.1) is 0 Å². The van der Waals surface area contributed by atoms with Crippen molar-refractivity contribution >= 4 is 22.7 Å². The van der Waals surface area contributed by atoms with Gasteiger partial charge in [0.05, 0.1) is 6.04 Å². The molecule has 6 nitrogen and oxygen atoms in total. The summed E-state index contributed by atoms with van der Waals surface area (Å²) in [6.45, 7) is 0.356. The van der Waals surface area contributed by atoms with Gasteiger partial charge in [-0.15, -0.1) is 0 Å². The summed E-state index contributed by atoms with van der Waals surface area (Å²) in [4.78, 5) is 15.2. The number of aromatic nitrogens is 2. The first-order chi connectivity index (χ1) is 16.8. The first-order valence-electron chi connectivity index (χ1n) is 11.8. The van der Waals surface area contributed by atoms with E-state index in [1.807, 2.05) is 17.0 Å². The van der Waals surface area contributed by atoms with Crippen LogP contribution >= 0.6 is 0 Å². The Morgan fingerprint density at radius 1 is 0.941 bits per heavy atom. The van der Waals surface area contributed by atoms with E-state index in [0.29, 0.717) is 6.61 Å². The topological polar surface area (TPSA) is 68.5 Å². The van der Waals surface area contributed by atoms with Crippen LogP contribution in [0.4, 0.5) is 4.79 Å². The van der Waals surface area contributed by atoms with E-state index in [2.05, 4.69) is 71.0 Å². The van der Waals surface area contributed by atoms with Crippen LogP contribution in [0.3, 0.4) is 0 Å². The quantitative estimate of drug-likeness (QED) is 0.396. The molecule has 2 aliphatic heterocycles. The highest BCUT2D eigenvalue weighted by Crippen LogP contribution is 2.45. The van der Waals surface area contributed by atoms with Crippen LogP contribution in [0.25, 0.3) is 27.7 Å². The van der Waals surface area contributed by atoms with E-state index >= 15 is 0 Å². The molecule has 34 heavy (non-hydrogen) atoms. The van der Waals surface area contributed by atoms with Gasteiger partial charge in [0.15, 0.2) is 0 Å². The van der Waals surface area contributed by atoms with Crippen molar-refractivity contribution in [3.8, 4) is 11.1 Å². The number of hydrogen-bond acceptors (Lipinski definition) is 5. The zero-order valence-electron chi connectivity index (χ0n) is 18.6. The molecule has 3 aromatic carbocycles. The molecule has 0 saturated carbocycles. The normalized spacial score (nSPS) is 20.8. The van der Waals surface area contributed by atoms with Crippen LogP contribution in [-0.4, -0.2) is 40.0 Å². The van der Waals surface area contributed by atoms with E-state index in [4.69, 9.17) is 9.37 Å². The van der Waals surface area contributed by atoms with Crippen molar-refractivity contribution in [1.29, 1.82) is 0 Å². The molecule has 4 aromatic rings. The van der Waals surface area contributed by atoms with Gasteiger partial charge in [-0.25, -0.2) is 9.42 Å². The van der Waals surface area contributed by atoms with Crippen molar-refractivity contribution in [2.24, 2.45) is 0 Å². The van der Waals surface area contributed by atoms with Gasteiger partial charge in [0, 0.05) is 12.0 Å². The number of nitrogens with zero attached hydrogens (tertiary/aromatic N) is 3. The number of ether oxygens (including phenoxy) is 1. The highest BCUT2D eigenvalue weighted by Gasteiger charge is 2.41. The van der Waals surface area contributed by atoms with Crippen LogP contribution in [0.5, 0.6) is 0 Å². The van der Waals surface area contributed by atoms with Crippen LogP contribution in [0.2, 0.25) is 0 Å². The van der Waals surface area contributed by atoms with Gasteiger partial charge in [-0.1, -0.05) is 60.7 Å². The average molecular weight is 450 g/mol. The number of hydrogen-bond donors (Lipinski definition) is 0. The molecule has 6 heteroatoms. The minimum absolute atomic E-state index is 0.0653. The van der Waals surface area contributed by atoms with Gasteiger partial charge in [0.1, 0.15) is 17.6 Å². The minimum atomic E-state index is -0.208. The second kappa shape index (κ2) is 7.55. The Balaban J connectivity index is 1.11. The zero-order valence-corrected chi connectivity index (χ0v) is 18.6. The van der Waals surface area contributed by atoms with Crippen LogP contribution < -0.4 is 0 Å². The highest BCUT2D eigenvalue weighted by molar-refractivity contribution is 5.82. The lowest BCUT2D eigenvalue weighted by molar-refractivity contribution is 0.0866. The second-order valence-corrected chi connectivity index (χ2v) is 9.37. The first-order valence-corrected chi connectivity index (χ1v) is 11.8. The Morgan fingerprint density at radius 3 is 2.44 bits per heavy atom. The first kappa shape index (κ1) is 19.5. The van der Waals surface area contributed by atoms with Gasteiger partial charge < -0.3 is 4.74 Å². The van der Waals surface area contributed by atoms with Crippen LogP contribution in [0.1, 0.15) is 41.9 Å². The van der Waals surface area contributed by atoms with E-state index in [-0.39, 0.29) is 24.1 Å². The molecular weight excluding hydrogens is 426 g/mol. The van der Waals surface area contributed by atoms with Gasteiger partial charge >= 0.3 is 6.09 Å². The molecule has 168 valence electrons. The summed E-state index contributed by atoms with van der Waals surface area (Å²) < 4.78 is 10.8. The van der Waals surface area contributed by atoms with Crippen molar-refractivity contribution in [2.45, 2.75) is 37.3 Å². The van der Waals surface area contributed by atoms with Crippen LogP contribution in [-0.2, 0) is 4.74 Å². The summed E-state index contributed by atoms with van der Waals surface area (Å²) in [5.41, 5.74) is 8.82. The summed E-state index contributed by atoms with van der Waals surface area (Å²) >= 11 is 0. The standard InChI is InChI=1S/C28H23N3O3/c32-28(33-16-25-23-7-3-1-5-21(23)22-6-2-4-8-24(22)25)31-19-10-11-20(31)14-18(13-19)17-9-12-26-27(15-17)30-34-29-26/h1-9,12-13,15,19-20,25H,10-11,14,16H2. The number of carbonyl (C=O) groups is 1. The molecule has 1 fully saturated rings. The molecule has 2 bridgehead atoms. The lowest BCUT2D eigenvalue weighted by Gasteiger charge is -2.33. The third-order valence-electron chi connectivity index (χ3n) is 7.57. The van der Waals surface area contributed by atoms with Crippen molar-refractivity contribution in [3.63, 3.8) is 0 Å². The van der Waals surface area contributed by atoms with Crippen LogP contribution in [0.15, 0.2) is 77.4 Å². The van der Waals surface area contributed by atoms with E-state index in [0.717, 1.165) is 35.9 Å². The highest BCUT2D eigenvalue weighted by atomic mass is 16.6. The molecule has 3 heterocycles. The van der Waals surface area contributed by atoms with Gasteiger partial charge in [-0.3, -0.25) is 4.90 Å². The predicted octanol–water partition coefficient (Wildman–Crippen LogP) is 5.79. The summed E-state index contributed by atoms with van der Waals surface area (Å²) in [7, 11) is 0. The predicted molar refractivity (Wildman–Crippen MR) is 128 cm³/mol. The third-order valence-corrected chi connectivity index (χ3v) is 7.57. The molecule has 2 unspecified atom stereocenters. The average Bonchev–Trinajstić information content (AvgIpc) is 3.54. The second-order valence-electron chi connectivity index (χ2n) is 9.37. The Hall–Kier alpha value is -3.93. The molecule has 3 aliphatic rings. The molecule has 1 aliphatic carbocycles. The fraction of sp³-hybridized carbons (Fsp3) is 0.250. The Kier molecular flexibility index (Phi) is 4.34. The summed E-state index contributed by atoms with van der Waals surface area (Å²) in [5.74, 6) is 0.0766. The number of fused-ring (bicyclic) bond motifs is 6. The number of rotatable bonds is 3. The molecular formula is C28H23N3O3. The van der Waals surface area contributed by atoms with Crippen molar-refractivity contribution < 1.29 is 14.2 Å². The Labute approximate surface area is 196 Å². The maximum atomic E-state index is 13.3. The summed E-state index contributed by atoms with van der Waals surface area (Å²) in [5, 5.41) is 7.86. The van der Waals surface area contributed by atoms with Gasteiger partial charge in [0.25, 0.3) is 0 Å². The lowest BCUT2D eigenvalue weighted by Crippen LogP contribution is -2.43. The zero-order chi connectivity index (χ0) is 22.6. The molecule has 0 N–H and O–H groups in total. The maximum absolute atomic E-state index is 13.3. The molecule has 7 rings (SSSR count). The van der Waals surface area contributed by atoms with E-state index < -0.39 is 0 Å². The molecule has 0 spiro atoms. The minimum Gasteiger partial charge on any atom is -0.448 e. The van der Waals surface area contributed by atoms with Crippen molar-refractivity contribution in [1.82, 2.24) is 15.2 Å². The van der Waals surface area contributed by atoms with E-state index in [1.165, 1.54) is 27.8 Å². The molecule has 2 atom stereocenters. The molecule has 0 radical (unpaired) electrons. The smallest absolute Gasteiger partial charge is 0.410 e. The maximum Gasteiger partial charge on any atom is 0.410 e. The van der Waals surface area contributed by atoms with Gasteiger partial charge in [0.2, 0.25) is 0 Å². The van der Waals surface area contributed by atoms with E-state index in [9.17, 15) is 4.79 Å². The SMILES string of the molecule is O=C(OCC1c2ccccc2-c2ccccc21)N1C2C=C(c3ccc4nonc4c3)CC1CC2. The number of benzene rings is 3. The fourth-order valence-corrected chi connectivity index (χ4v) is 5.98. The molecule has 1 amide bonds. The van der Waals surface area contributed by atoms with Gasteiger partial charge in [-0.05, 0) is 75.1 Å². The van der Waals surface area contributed by atoms with E-state index in [1.54, 1.807) is 0 Å². The molecule has 1 aromatic heterocycles. The molecule has 1 saturated heterocycles. The Bertz CT molecular complexity index is 1410. The number of amides is 1. The van der Waals surface area contributed by atoms with Crippen molar-refractivity contribution in [3.05, 3.63) is 89.5 Å². The van der Waals surface area contributed by atoms with Crippen molar-refractivity contribution in [2.75, 3.05) is 6.61 Å². The lowest BCUT2D eigenvalue weighted by atomic mass is 9.94. The Morgan fingerprint density at radius 2 is 1.68 bits per heavy atom.